The predicted octanol–water partition coefficient (Wildman–Crippen LogP) is 1.49. The molecule has 1 rings (SSSR count). The van der Waals surface area contributed by atoms with Gasteiger partial charge in [-0.2, -0.15) is 0 Å². The molecule has 0 aliphatic rings. The van der Waals surface area contributed by atoms with Gasteiger partial charge < -0.3 is 5.73 Å². The highest BCUT2D eigenvalue weighted by molar-refractivity contribution is 5.46. The average Bonchev–Trinajstić information content (AvgIpc) is 2.04. The van der Waals surface area contributed by atoms with Crippen molar-refractivity contribution in [1.29, 1.82) is 0 Å². The molecule has 0 atom stereocenters. The van der Waals surface area contributed by atoms with Crippen LogP contribution in [0.25, 0.3) is 6.08 Å². The maximum atomic E-state index is 5.45. The van der Waals surface area contributed by atoms with Crippen LogP contribution >= 0.6 is 0 Å². The molecule has 1 aromatic rings. The summed E-state index contributed by atoms with van der Waals surface area (Å²) in [4.78, 5) is 4.17. The lowest BCUT2D eigenvalue weighted by Crippen LogP contribution is -2.02. The molecule has 0 bridgehead atoms. The molecule has 1 heterocycles. The molecular weight excluding hydrogens is 136 g/mol. The number of rotatable bonds is 2. The van der Waals surface area contributed by atoms with Gasteiger partial charge in [-0.15, -0.1) is 0 Å². The fourth-order valence-electron chi connectivity index (χ4n) is 0.950. The number of aryl methyl sites for hydroxylation is 1. The summed E-state index contributed by atoms with van der Waals surface area (Å²) in [7, 11) is 0. The number of pyridine rings is 1. The third-order valence-corrected chi connectivity index (χ3v) is 1.64. The summed E-state index contributed by atoms with van der Waals surface area (Å²) in [6.07, 6.45) is 3.56. The van der Waals surface area contributed by atoms with Gasteiger partial charge in [0.25, 0.3) is 0 Å². The van der Waals surface area contributed by atoms with E-state index < -0.39 is 0 Å². The Hall–Kier alpha value is -1.15. The first kappa shape index (κ1) is 7.95. The van der Waals surface area contributed by atoms with E-state index in [0.717, 1.165) is 16.8 Å². The van der Waals surface area contributed by atoms with Crippen LogP contribution in [0.15, 0.2) is 18.8 Å². The van der Waals surface area contributed by atoms with Gasteiger partial charge in [0.2, 0.25) is 0 Å². The summed E-state index contributed by atoms with van der Waals surface area (Å²) in [6.45, 7) is 6.16. The fourth-order valence-corrected chi connectivity index (χ4v) is 0.950. The zero-order chi connectivity index (χ0) is 8.27. The zero-order valence-corrected chi connectivity index (χ0v) is 6.67. The van der Waals surface area contributed by atoms with Crippen molar-refractivity contribution in [2.24, 2.45) is 5.73 Å². The second kappa shape index (κ2) is 3.30. The van der Waals surface area contributed by atoms with E-state index in [4.69, 9.17) is 5.73 Å². The van der Waals surface area contributed by atoms with Crippen LogP contribution in [0.2, 0.25) is 0 Å². The van der Waals surface area contributed by atoms with E-state index in [9.17, 15) is 0 Å². The Kier molecular flexibility index (Phi) is 2.39. The van der Waals surface area contributed by atoms with Crippen molar-refractivity contribution in [2.75, 3.05) is 0 Å². The standard InChI is InChI=1S/C9H12N2/c1-3-8-4-7(2)9(5-10)11-6-8/h3-4,6H,1,5,10H2,2H3. The van der Waals surface area contributed by atoms with Gasteiger partial charge in [0, 0.05) is 12.7 Å². The molecule has 58 valence electrons. The van der Waals surface area contributed by atoms with Crippen molar-refractivity contribution in [3.63, 3.8) is 0 Å². The van der Waals surface area contributed by atoms with Crippen molar-refractivity contribution in [1.82, 2.24) is 4.98 Å². The summed E-state index contributed by atoms with van der Waals surface area (Å²) in [5, 5.41) is 0. The summed E-state index contributed by atoms with van der Waals surface area (Å²) >= 11 is 0. The first-order valence-electron chi connectivity index (χ1n) is 3.56. The van der Waals surface area contributed by atoms with Crippen LogP contribution in [-0.4, -0.2) is 4.98 Å². The average molecular weight is 148 g/mol. The molecule has 0 amide bonds. The van der Waals surface area contributed by atoms with E-state index >= 15 is 0 Å². The van der Waals surface area contributed by atoms with E-state index in [-0.39, 0.29) is 0 Å². The molecule has 0 saturated heterocycles. The van der Waals surface area contributed by atoms with Crippen molar-refractivity contribution in [3.05, 3.63) is 35.7 Å². The number of hydrogen-bond acceptors (Lipinski definition) is 2. The topological polar surface area (TPSA) is 38.9 Å². The molecule has 2 nitrogen and oxygen atoms in total. The Bertz CT molecular complexity index is 266. The molecular formula is C9H12N2. The Labute approximate surface area is 66.8 Å². The highest BCUT2D eigenvalue weighted by Gasteiger charge is 1.96. The Morgan fingerprint density at radius 1 is 1.73 bits per heavy atom. The van der Waals surface area contributed by atoms with Crippen LogP contribution in [0.5, 0.6) is 0 Å². The Balaban J connectivity index is 3.09. The van der Waals surface area contributed by atoms with Crippen LogP contribution in [0.3, 0.4) is 0 Å². The lowest BCUT2D eigenvalue weighted by molar-refractivity contribution is 0.967. The van der Waals surface area contributed by atoms with Gasteiger partial charge in [-0.05, 0) is 24.1 Å². The van der Waals surface area contributed by atoms with Gasteiger partial charge in [-0.3, -0.25) is 4.98 Å². The minimum absolute atomic E-state index is 0.503. The fraction of sp³-hybridized carbons (Fsp3) is 0.222. The van der Waals surface area contributed by atoms with Gasteiger partial charge >= 0.3 is 0 Å². The van der Waals surface area contributed by atoms with E-state index in [0.29, 0.717) is 6.54 Å². The monoisotopic (exact) mass is 148 g/mol. The molecule has 0 aromatic carbocycles. The molecule has 0 radical (unpaired) electrons. The van der Waals surface area contributed by atoms with Crippen LogP contribution in [0.1, 0.15) is 16.8 Å². The first-order chi connectivity index (χ1) is 5.27. The molecule has 2 N–H and O–H groups in total. The van der Waals surface area contributed by atoms with E-state index in [1.165, 1.54) is 0 Å². The molecule has 0 aliphatic carbocycles. The van der Waals surface area contributed by atoms with Crippen molar-refractivity contribution >= 4 is 6.08 Å². The quantitative estimate of drug-likeness (QED) is 0.690. The minimum Gasteiger partial charge on any atom is -0.325 e. The summed E-state index contributed by atoms with van der Waals surface area (Å²) in [6, 6.07) is 2.03. The molecule has 0 unspecified atom stereocenters. The van der Waals surface area contributed by atoms with Gasteiger partial charge in [0.05, 0.1) is 5.69 Å². The van der Waals surface area contributed by atoms with Crippen LogP contribution < -0.4 is 5.73 Å². The van der Waals surface area contributed by atoms with Gasteiger partial charge in [-0.1, -0.05) is 12.7 Å². The van der Waals surface area contributed by atoms with E-state index in [2.05, 4.69) is 11.6 Å². The number of hydrogen-bond donors (Lipinski definition) is 1. The highest BCUT2D eigenvalue weighted by Crippen LogP contribution is 2.07. The Morgan fingerprint density at radius 3 is 2.91 bits per heavy atom. The molecule has 0 spiro atoms. The normalized spacial score (nSPS) is 9.64. The lowest BCUT2D eigenvalue weighted by Gasteiger charge is -2.01. The molecule has 1 aromatic heterocycles. The maximum absolute atomic E-state index is 5.45. The van der Waals surface area contributed by atoms with E-state index in [1.54, 1.807) is 12.3 Å². The predicted molar refractivity (Wildman–Crippen MR) is 47.0 cm³/mol. The summed E-state index contributed by atoms with van der Waals surface area (Å²) < 4.78 is 0. The number of nitrogens with two attached hydrogens (primary N) is 1. The number of aromatic nitrogens is 1. The third-order valence-electron chi connectivity index (χ3n) is 1.64. The molecule has 0 fully saturated rings. The Morgan fingerprint density at radius 2 is 2.45 bits per heavy atom. The molecule has 2 heteroatoms. The van der Waals surface area contributed by atoms with Crippen molar-refractivity contribution in [2.45, 2.75) is 13.5 Å². The first-order valence-corrected chi connectivity index (χ1v) is 3.56. The van der Waals surface area contributed by atoms with Crippen LogP contribution in [0, 0.1) is 6.92 Å². The van der Waals surface area contributed by atoms with Gasteiger partial charge in [0.1, 0.15) is 0 Å². The lowest BCUT2D eigenvalue weighted by atomic mass is 10.1. The third kappa shape index (κ3) is 1.65. The second-order valence-electron chi connectivity index (χ2n) is 2.44. The number of nitrogens with zero attached hydrogens (tertiary/aromatic N) is 1. The zero-order valence-electron chi connectivity index (χ0n) is 6.67. The smallest absolute Gasteiger partial charge is 0.0569 e. The van der Waals surface area contributed by atoms with Gasteiger partial charge in [0.15, 0.2) is 0 Å². The van der Waals surface area contributed by atoms with Crippen LogP contribution in [0.4, 0.5) is 0 Å². The summed E-state index contributed by atoms with van der Waals surface area (Å²) in [5.41, 5.74) is 8.58. The SMILES string of the molecule is C=Cc1cnc(CN)c(C)c1. The molecule has 11 heavy (non-hydrogen) atoms. The molecule has 0 saturated carbocycles. The van der Waals surface area contributed by atoms with Crippen LogP contribution in [-0.2, 0) is 6.54 Å². The van der Waals surface area contributed by atoms with Crippen molar-refractivity contribution < 1.29 is 0 Å². The minimum atomic E-state index is 0.503. The van der Waals surface area contributed by atoms with Gasteiger partial charge in [-0.25, -0.2) is 0 Å². The maximum Gasteiger partial charge on any atom is 0.0569 e. The second-order valence-corrected chi connectivity index (χ2v) is 2.44. The van der Waals surface area contributed by atoms with Crippen molar-refractivity contribution in [3.8, 4) is 0 Å². The highest BCUT2D eigenvalue weighted by atomic mass is 14.7. The van der Waals surface area contributed by atoms with E-state index in [1.807, 2.05) is 13.0 Å². The summed E-state index contributed by atoms with van der Waals surface area (Å²) in [5.74, 6) is 0. The largest absolute Gasteiger partial charge is 0.325 e. The molecule has 0 aliphatic heterocycles.